The molecule has 2 aromatic rings. The zero-order chi connectivity index (χ0) is 10.7. The van der Waals surface area contributed by atoms with Crippen LogP contribution >= 0.6 is 8.15 Å². The van der Waals surface area contributed by atoms with Crippen molar-refractivity contribution in [3.05, 3.63) is 60.2 Å². The van der Waals surface area contributed by atoms with Crippen molar-refractivity contribution in [1.29, 1.82) is 0 Å². The summed E-state index contributed by atoms with van der Waals surface area (Å²) < 4.78 is 0. The highest BCUT2D eigenvalue weighted by Gasteiger charge is 2.11. The molecule has 0 saturated heterocycles. The Morgan fingerprint density at radius 1 is 0.867 bits per heavy atom. The topological polar surface area (TPSA) is 20.2 Å². The van der Waals surface area contributed by atoms with Gasteiger partial charge in [0.25, 0.3) is 0 Å². The summed E-state index contributed by atoms with van der Waals surface area (Å²) >= 11 is 0. The molecule has 0 bridgehead atoms. The van der Waals surface area contributed by atoms with Crippen LogP contribution < -0.4 is 10.6 Å². The summed E-state index contributed by atoms with van der Waals surface area (Å²) in [6, 6.07) is 17.8. The first-order valence-corrected chi connectivity index (χ1v) is 6.18. The average Bonchev–Trinajstić information content (AvgIpc) is 2.30. The molecule has 1 atom stereocenters. The second-order valence-corrected chi connectivity index (χ2v) is 5.06. The predicted octanol–water partition coefficient (Wildman–Crippen LogP) is 2.34. The van der Waals surface area contributed by atoms with Crippen molar-refractivity contribution in [2.75, 3.05) is 0 Å². The van der Waals surface area contributed by atoms with Crippen LogP contribution in [0, 0.1) is 6.92 Å². The van der Waals surface area contributed by atoms with Gasteiger partial charge in [-0.1, -0.05) is 54.6 Å². The molecule has 1 unspecified atom stereocenters. The lowest BCUT2D eigenvalue weighted by Gasteiger charge is -2.13. The van der Waals surface area contributed by atoms with E-state index in [2.05, 4.69) is 0 Å². The zero-order valence-electron chi connectivity index (χ0n) is 8.59. The van der Waals surface area contributed by atoms with Gasteiger partial charge in [0.1, 0.15) is 0 Å². The molecule has 1 N–H and O–H groups in total. The molecule has 0 fully saturated rings. The molecule has 2 heteroatoms. The molecule has 1 nitrogen and oxygen atoms in total. The summed E-state index contributed by atoms with van der Waals surface area (Å²) in [7, 11) is -1.19. The van der Waals surface area contributed by atoms with Crippen LogP contribution in [0.3, 0.4) is 0 Å². The first kappa shape index (κ1) is 10.4. The van der Waals surface area contributed by atoms with Crippen molar-refractivity contribution in [3.63, 3.8) is 0 Å². The standard InChI is InChI=1S/C13H13OP/c1-11-7-5-6-10-13(11)15(14)12-8-3-2-4-9-12/h2-10,14H,1H3. The van der Waals surface area contributed by atoms with E-state index in [-0.39, 0.29) is 0 Å². The SMILES string of the molecule is Cc1ccccc1P(O)c1ccccc1. The molecule has 0 aliphatic rings. The third-order valence-corrected chi connectivity index (χ3v) is 4.09. The minimum absolute atomic E-state index is 1.00. The lowest BCUT2D eigenvalue weighted by Crippen LogP contribution is -2.13. The highest BCUT2D eigenvalue weighted by atomic mass is 31.1. The lowest BCUT2D eigenvalue weighted by atomic mass is 10.2. The van der Waals surface area contributed by atoms with Gasteiger partial charge in [-0.2, -0.15) is 0 Å². The summed E-state index contributed by atoms with van der Waals surface area (Å²) in [5.74, 6) is 0. The van der Waals surface area contributed by atoms with Crippen LogP contribution in [0.2, 0.25) is 0 Å². The van der Waals surface area contributed by atoms with Crippen LogP contribution in [-0.4, -0.2) is 4.89 Å². The molecule has 0 aromatic heterocycles. The van der Waals surface area contributed by atoms with Crippen LogP contribution in [0.4, 0.5) is 0 Å². The van der Waals surface area contributed by atoms with E-state index in [9.17, 15) is 4.89 Å². The van der Waals surface area contributed by atoms with Gasteiger partial charge in [0.15, 0.2) is 0 Å². The van der Waals surface area contributed by atoms with Crippen LogP contribution in [0.1, 0.15) is 5.56 Å². The maximum absolute atomic E-state index is 10.2. The van der Waals surface area contributed by atoms with Crippen molar-refractivity contribution in [3.8, 4) is 0 Å². The van der Waals surface area contributed by atoms with Crippen molar-refractivity contribution in [2.45, 2.75) is 6.92 Å². The number of hydrogen-bond donors (Lipinski definition) is 1. The summed E-state index contributed by atoms with van der Waals surface area (Å²) in [4.78, 5) is 10.2. The van der Waals surface area contributed by atoms with Crippen molar-refractivity contribution in [1.82, 2.24) is 0 Å². The summed E-state index contributed by atoms with van der Waals surface area (Å²) in [6.45, 7) is 2.03. The second-order valence-electron chi connectivity index (χ2n) is 3.43. The molecule has 0 radical (unpaired) electrons. The lowest BCUT2D eigenvalue weighted by molar-refractivity contribution is 0.644. The highest BCUT2D eigenvalue weighted by molar-refractivity contribution is 7.67. The summed E-state index contributed by atoms with van der Waals surface area (Å²) in [5, 5.41) is 2.04. The molecule has 2 rings (SSSR count). The van der Waals surface area contributed by atoms with E-state index >= 15 is 0 Å². The van der Waals surface area contributed by atoms with Gasteiger partial charge >= 0.3 is 0 Å². The van der Waals surface area contributed by atoms with Gasteiger partial charge in [-0.3, -0.25) is 0 Å². The van der Waals surface area contributed by atoms with Crippen molar-refractivity contribution >= 4 is 18.8 Å². The highest BCUT2D eigenvalue weighted by Crippen LogP contribution is 2.28. The predicted molar refractivity (Wildman–Crippen MR) is 66.0 cm³/mol. The number of hydrogen-bond acceptors (Lipinski definition) is 1. The van der Waals surface area contributed by atoms with E-state index in [1.54, 1.807) is 0 Å². The molecular formula is C13H13OP. The van der Waals surface area contributed by atoms with Gasteiger partial charge in [0.05, 0.1) is 8.15 Å². The minimum atomic E-state index is -1.19. The van der Waals surface area contributed by atoms with Gasteiger partial charge in [0.2, 0.25) is 0 Å². The van der Waals surface area contributed by atoms with E-state index < -0.39 is 8.15 Å². The average molecular weight is 216 g/mol. The van der Waals surface area contributed by atoms with E-state index in [0.29, 0.717) is 0 Å². The Labute approximate surface area is 91.2 Å². The van der Waals surface area contributed by atoms with Crippen LogP contribution in [0.25, 0.3) is 0 Å². The summed E-state index contributed by atoms with van der Waals surface area (Å²) in [6.07, 6.45) is 0. The third-order valence-electron chi connectivity index (χ3n) is 2.34. The normalized spacial score (nSPS) is 12.4. The number of benzene rings is 2. The fourth-order valence-corrected chi connectivity index (χ4v) is 2.88. The molecular weight excluding hydrogens is 203 g/mol. The molecule has 0 aliphatic carbocycles. The molecule has 0 amide bonds. The molecule has 2 aromatic carbocycles. The second kappa shape index (κ2) is 4.57. The van der Waals surface area contributed by atoms with Gasteiger partial charge in [-0.05, 0) is 12.5 Å². The molecule has 0 saturated carbocycles. The zero-order valence-corrected chi connectivity index (χ0v) is 9.49. The molecule has 0 aliphatic heterocycles. The fourth-order valence-electron chi connectivity index (χ4n) is 1.51. The van der Waals surface area contributed by atoms with Crippen LogP contribution in [0.5, 0.6) is 0 Å². The fraction of sp³-hybridized carbons (Fsp3) is 0.0769. The van der Waals surface area contributed by atoms with E-state index in [4.69, 9.17) is 0 Å². The van der Waals surface area contributed by atoms with E-state index in [1.165, 1.54) is 0 Å². The van der Waals surface area contributed by atoms with Gasteiger partial charge < -0.3 is 4.89 Å². The maximum Gasteiger partial charge on any atom is 0.0879 e. The summed E-state index contributed by atoms with van der Waals surface area (Å²) in [5.41, 5.74) is 1.15. The smallest absolute Gasteiger partial charge is 0.0879 e. The first-order chi connectivity index (χ1) is 7.29. The van der Waals surface area contributed by atoms with Crippen molar-refractivity contribution in [2.24, 2.45) is 0 Å². The van der Waals surface area contributed by atoms with E-state index in [0.717, 1.165) is 16.2 Å². The van der Waals surface area contributed by atoms with Crippen LogP contribution in [-0.2, 0) is 0 Å². The Kier molecular flexibility index (Phi) is 3.15. The quantitative estimate of drug-likeness (QED) is 0.764. The Morgan fingerprint density at radius 2 is 1.47 bits per heavy atom. The largest absolute Gasteiger partial charge is 0.364 e. The molecule has 76 valence electrons. The first-order valence-electron chi connectivity index (χ1n) is 4.89. The van der Waals surface area contributed by atoms with Gasteiger partial charge in [-0.25, -0.2) is 0 Å². The monoisotopic (exact) mass is 216 g/mol. The molecule has 0 heterocycles. The third kappa shape index (κ3) is 2.26. The number of rotatable bonds is 2. The number of aryl methyl sites for hydroxylation is 1. The Hall–Kier alpha value is -1.17. The Bertz CT molecular complexity index is 439. The molecule has 15 heavy (non-hydrogen) atoms. The van der Waals surface area contributed by atoms with Gasteiger partial charge in [0, 0.05) is 10.6 Å². The van der Waals surface area contributed by atoms with Crippen LogP contribution in [0.15, 0.2) is 54.6 Å². The minimum Gasteiger partial charge on any atom is -0.364 e. The Morgan fingerprint density at radius 3 is 2.13 bits per heavy atom. The molecule has 0 spiro atoms. The maximum atomic E-state index is 10.2. The van der Waals surface area contributed by atoms with Crippen molar-refractivity contribution < 1.29 is 4.89 Å². The van der Waals surface area contributed by atoms with Gasteiger partial charge in [-0.15, -0.1) is 0 Å². The Balaban J connectivity index is 2.37. The van der Waals surface area contributed by atoms with E-state index in [1.807, 2.05) is 61.5 Å².